The smallest absolute Gasteiger partial charge is 0.338 e. The molecule has 0 N–H and O–H groups in total. The van der Waals surface area contributed by atoms with E-state index in [0.717, 1.165) is 53.6 Å². The molecule has 7 heteroatoms. The molecule has 0 aromatic heterocycles. The molecule has 32 heavy (non-hydrogen) atoms. The number of hydrogen-bond donors (Lipinski definition) is 0. The molecule has 1 atom stereocenters. The Labute approximate surface area is 194 Å². The summed E-state index contributed by atoms with van der Waals surface area (Å²) in [5.74, 6) is -0.227. The van der Waals surface area contributed by atoms with E-state index in [1.807, 2.05) is 17.2 Å². The van der Waals surface area contributed by atoms with E-state index >= 15 is 0 Å². The lowest BCUT2D eigenvalue weighted by Gasteiger charge is -2.37. The number of thioether (sulfide) groups is 1. The Morgan fingerprint density at radius 1 is 1.19 bits per heavy atom. The Morgan fingerprint density at radius 2 is 1.94 bits per heavy atom. The number of aliphatic imine (C=N–C) groups is 1. The van der Waals surface area contributed by atoms with Crippen LogP contribution in [-0.2, 0) is 14.3 Å². The molecular weight excluding hydrogens is 422 g/mol. The Kier molecular flexibility index (Phi) is 6.74. The first-order chi connectivity index (χ1) is 15.4. The summed E-state index contributed by atoms with van der Waals surface area (Å²) >= 11 is 1.53. The number of amidine groups is 1. The normalized spacial score (nSPS) is 20.7. The average Bonchev–Trinajstić information content (AvgIpc) is 3.20. The van der Waals surface area contributed by atoms with Gasteiger partial charge in [-0.3, -0.25) is 4.79 Å². The van der Waals surface area contributed by atoms with Crippen LogP contribution in [0, 0.1) is 13.8 Å². The maximum absolute atomic E-state index is 13.1. The third kappa shape index (κ3) is 4.22. The van der Waals surface area contributed by atoms with Gasteiger partial charge >= 0.3 is 5.97 Å². The number of esters is 1. The van der Waals surface area contributed by atoms with Crippen LogP contribution in [0.2, 0.25) is 0 Å². The number of fused-ring (bicyclic) bond motifs is 1. The van der Waals surface area contributed by atoms with Crippen LogP contribution in [0.1, 0.15) is 61.8 Å². The van der Waals surface area contributed by atoms with Crippen molar-refractivity contribution in [3.63, 3.8) is 0 Å². The molecule has 6 nitrogen and oxygen atoms in total. The van der Waals surface area contributed by atoms with Gasteiger partial charge in [0, 0.05) is 18.8 Å². The van der Waals surface area contributed by atoms with Crippen LogP contribution in [0.15, 0.2) is 45.6 Å². The van der Waals surface area contributed by atoms with Crippen molar-refractivity contribution in [1.29, 1.82) is 0 Å². The molecule has 1 saturated heterocycles. The summed E-state index contributed by atoms with van der Waals surface area (Å²) in [7, 11) is 1.41. The fourth-order valence-electron chi connectivity index (χ4n) is 4.75. The number of hydrogen-bond acceptors (Lipinski definition) is 6. The van der Waals surface area contributed by atoms with Gasteiger partial charge in [-0.05, 0) is 56.1 Å². The van der Waals surface area contributed by atoms with E-state index in [0.29, 0.717) is 18.4 Å². The molecular formula is C25H31N3O3S. The highest BCUT2D eigenvalue weighted by atomic mass is 32.2. The Bertz CT molecular complexity index is 1020. The molecule has 0 aliphatic carbocycles. The number of amides is 1. The Balaban J connectivity index is 1.75. The number of allylic oxidation sites excluding steroid dienone is 1. The van der Waals surface area contributed by atoms with E-state index in [1.54, 1.807) is 0 Å². The monoisotopic (exact) mass is 453 g/mol. The number of carbonyl (C=O) groups is 2. The van der Waals surface area contributed by atoms with E-state index in [2.05, 4.69) is 36.9 Å². The lowest BCUT2D eigenvalue weighted by atomic mass is 9.89. The second-order valence-electron chi connectivity index (χ2n) is 8.58. The van der Waals surface area contributed by atoms with Crippen molar-refractivity contribution in [3.8, 4) is 0 Å². The van der Waals surface area contributed by atoms with E-state index in [1.165, 1.54) is 30.9 Å². The highest BCUT2D eigenvalue weighted by Crippen LogP contribution is 2.46. The number of carbonyl (C=O) groups excluding carboxylic acids is 2. The molecule has 1 aromatic carbocycles. The van der Waals surface area contributed by atoms with Crippen LogP contribution in [-0.4, -0.2) is 47.0 Å². The molecule has 1 fully saturated rings. The molecule has 0 spiro atoms. The first-order valence-corrected chi connectivity index (χ1v) is 12.2. The summed E-state index contributed by atoms with van der Waals surface area (Å²) in [5.41, 5.74) is 5.51. The summed E-state index contributed by atoms with van der Waals surface area (Å²) in [5, 5.41) is 2.84. The second-order valence-corrected chi connectivity index (χ2v) is 9.41. The van der Waals surface area contributed by atoms with Crippen LogP contribution in [0.4, 0.5) is 0 Å². The first kappa shape index (κ1) is 22.6. The maximum atomic E-state index is 13.1. The van der Waals surface area contributed by atoms with Gasteiger partial charge in [-0.1, -0.05) is 42.4 Å². The topological polar surface area (TPSA) is 62.2 Å². The zero-order chi connectivity index (χ0) is 22.8. The predicted octanol–water partition coefficient (Wildman–Crippen LogP) is 4.84. The molecule has 1 amide bonds. The number of benzene rings is 1. The van der Waals surface area contributed by atoms with Crippen molar-refractivity contribution in [3.05, 3.63) is 57.3 Å². The number of rotatable bonds is 5. The van der Waals surface area contributed by atoms with Crippen molar-refractivity contribution < 1.29 is 14.3 Å². The summed E-state index contributed by atoms with van der Waals surface area (Å²) in [6.45, 7) is 7.79. The van der Waals surface area contributed by atoms with Gasteiger partial charge in [0.2, 0.25) is 5.91 Å². The Morgan fingerprint density at radius 3 is 2.59 bits per heavy atom. The SMILES string of the molecule is CCC1=C(C(=O)OC)C(c2ccc(C)cc2C)N2C(CC(=O)N3CCCCC3)=CSC2=N1. The van der Waals surface area contributed by atoms with Crippen molar-refractivity contribution in [1.82, 2.24) is 9.80 Å². The highest BCUT2D eigenvalue weighted by molar-refractivity contribution is 8.16. The quantitative estimate of drug-likeness (QED) is 0.597. The van der Waals surface area contributed by atoms with Gasteiger partial charge in [0.05, 0.1) is 30.8 Å². The summed E-state index contributed by atoms with van der Waals surface area (Å²) < 4.78 is 5.20. The van der Waals surface area contributed by atoms with Gasteiger partial charge in [-0.25, -0.2) is 9.79 Å². The van der Waals surface area contributed by atoms with Crippen molar-refractivity contribution >= 4 is 28.8 Å². The van der Waals surface area contributed by atoms with Gasteiger partial charge in [0.1, 0.15) is 0 Å². The number of nitrogens with zero attached hydrogens (tertiary/aromatic N) is 3. The fraction of sp³-hybridized carbons (Fsp3) is 0.480. The minimum atomic E-state index is -0.367. The molecule has 0 radical (unpaired) electrons. The third-order valence-corrected chi connectivity index (χ3v) is 7.28. The van der Waals surface area contributed by atoms with Gasteiger partial charge in [-0.2, -0.15) is 0 Å². The molecule has 1 unspecified atom stereocenters. The molecule has 0 saturated carbocycles. The zero-order valence-electron chi connectivity index (χ0n) is 19.3. The minimum absolute atomic E-state index is 0.141. The van der Waals surface area contributed by atoms with E-state index in [-0.39, 0.29) is 17.9 Å². The molecule has 3 aliphatic rings. The predicted molar refractivity (Wildman–Crippen MR) is 128 cm³/mol. The first-order valence-electron chi connectivity index (χ1n) is 11.3. The highest BCUT2D eigenvalue weighted by Gasteiger charge is 2.42. The molecule has 3 heterocycles. The number of methoxy groups -OCH3 is 1. The largest absolute Gasteiger partial charge is 0.466 e. The average molecular weight is 454 g/mol. The number of ether oxygens (including phenoxy) is 1. The minimum Gasteiger partial charge on any atom is -0.466 e. The summed E-state index contributed by atoms with van der Waals surface area (Å²) in [4.78, 5) is 34.9. The molecule has 3 aliphatic heterocycles. The van der Waals surface area contributed by atoms with Crippen molar-refractivity contribution in [2.75, 3.05) is 20.2 Å². The molecule has 4 rings (SSSR count). The molecule has 1 aromatic rings. The van der Waals surface area contributed by atoms with Crippen LogP contribution in [0.5, 0.6) is 0 Å². The van der Waals surface area contributed by atoms with Crippen LogP contribution < -0.4 is 0 Å². The van der Waals surface area contributed by atoms with Crippen molar-refractivity contribution in [2.45, 2.75) is 58.9 Å². The number of likely N-dealkylation sites (tertiary alicyclic amines) is 1. The summed E-state index contributed by atoms with van der Waals surface area (Å²) in [6.07, 6.45) is 4.26. The number of aryl methyl sites for hydroxylation is 2. The van der Waals surface area contributed by atoms with Gasteiger partial charge < -0.3 is 14.5 Å². The molecule has 0 bridgehead atoms. The zero-order valence-corrected chi connectivity index (χ0v) is 20.1. The van der Waals surface area contributed by atoms with Crippen LogP contribution in [0.3, 0.4) is 0 Å². The second kappa shape index (κ2) is 9.53. The maximum Gasteiger partial charge on any atom is 0.338 e. The van der Waals surface area contributed by atoms with Gasteiger partial charge in [0.25, 0.3) is 0 Å². The lowest BCUT2D eigenvalue weighted by Crippen LogP contribution is -2.40. The van der Waals surface area contributed by atoms with E-state index in [4.69, 9.17) is 9.73 Å². The fourth-order valence-corrected chi connectivity index (χ4v) is 5.69. The van der Waals surface area contributed by atoms with Crippen LogP contribution in [0.25, 0.3) is 0 Å². The van der Waals surface area contributed by atoms with E-state index < -0.39 is 0 Å². The lowest BCUT2D eigenvalue weighted by molar-refractivity contribution is -0.136. The van der Waals surface area contributed by atoms with Crippen LogP contribution >= 0.6 is 11.8 Å². The Hall–Kier alpha value is -2.54. The summed E-state index contributed by atoms with van der Waals surface area (Å²) in [6, 6.07) is 5.93. The van der Waals surface area contributed by atoms with Crippen molar-refractivity contribution in [2.24, 2.45) is 4.99 Å². The van der Waals surface area contributed by atoms with Gasteiger partial charge in [-0.15, -0.1) is 0 Å². The van der Waals surface area contributed by atoms with E-state index in [9.17, 15) is 9.59 Å². The third-order valence-electron chi connectivity index (χ3n) is 6.39. The number of piperidine rings is 1. The molecule has 170 valence electrons. The standard InChI is InChI=1S/C25H31N3O3S/c1-5-20-22(24(30)31-4)23(19-10-9-16(2)13-17(19)3)28-18(15-32-25(28)26-20)14-21(29)27-11-7-6-8-12-27/h9-10,13,15,23H,5-8,11-12,14H2,1-4H3. The van der Waals surface area contributed by atoms with Gasteiger partial charge in [0.15, 0.2) is 5.17 Å².